The minimum absolute atomic E-state index is 0.114. The van der Waals surface area contributed by atoms with E-state index in [0.717, 1.165) is 18.5 Å². The molecule has 0 aromatic heterocycles. The number of hydrogen-bond donors (Lipinski definition) is 1. The molecule has 0 saturated heterocycles. The molecular formula is C17H20N2O. The zero-order chi connectivity index (χ0) is 14.1. The quantitative estimate of drug-likeness (QED) is 0.924. The van der Waals surface area contributed by atoms with E-state index in [0.29, 0.717) is 6.04 Å². The predicted octanol–water partition coefficient (Wildman–Crippen LogP) is 2.94. The van der Waals surface area contributed by atoms with Crippen molar-refractivity contribution in [3.8, 4) is 0 Å². The van der Waals surface area contributed by atoms with Crippen LogP contribution in [0.1, 0.15) is 19.8 Å². The van der Waals surface area contributed by atoms with E-state index in [-0.39, 0.29) is 11.9 Å². The third-order valence-electron chi connectivity index (χ3n) is 4.02. The maximum absolute atomic E-state index is 12.1. The Kier molecular flexibility index (Phi) is 3.35. The number of carbonyl (C=O) groups excluding carboxylic acids is 1. The number of nitrogens with one attached hydrogen (secondary N) is 1. The lowest BCUT2D eigenvalue weighted by Gasteiger charge is -2.26. The van der Waals surface area contributed by atoms with Crippen molar-refractivity contribution in [1.29, 1.82) is 0 Å². The van der Waals surface area contributed by atoms with Crippen molar-refractivity contribution in [2.75, 3.05) is 11.9 Å². The van der Waals surface area contributed by atoms with Gasteiger partial charge < -0.3 is 10.2 Å². The number of rotatable bonds is 4. The van der Waals surface area contributed by atoms with E-state index in [4.69, 9.17) is 0 Å². The van der Waals surface area contributed by atoms with Crippen LogP contribution < -0.4 is 10.2 Å². The normalized spacial score (nSPS) is 15.9. The highest BCUT2D eigenvalue weighted by Crippen LogP contribution is 2.23. The third kappa shape index (κ3) is 2.62. The van der Waals surface area contributed by atoms with Crippen molar-refractivity contribution < 1.29 is 4.79 Å². The van der Waals surface area contributed by atoms with E-state index in [9.17, 15) is 4.79 Å². The van der Waals surface area contributed by atoms with Gasteiger partial charge >= 0.3 is 0 Å². The Labute approximate surface area is 119 Å². The summed E-state index contributed by atoms with van der Waals surface area (Å²) in [5.41, 5.74) is 1.07. The van der Waals surface area contributed by atoms with Crippen LogP contribution in [0, 0.1) is 0 Å². The minimum atomic E-state index is -0.156. The highest BCUT2D eigenvalue weighted by molar-refractivity contribution is 5.88. The summed E-state index contributed by atoms with van der Waals surface area (Å²) in [5, 5.41) is 5.48. The lowest BCUT2D eigenvalue weighted by Crippen LogP contribution is -2.44. The summed E-state index contributed by atoms with van der Waals surface area (Å²) < 4.78 is 0. The molecule has 3 rings (SSSR count). The van der Waals surface area contributed by atoms with Crippen molar-refractivity contribution in [3.05, 3.63) is 42.5 Å². The highest BCUT2D eigenvalue weighted by Gasteiger charge is 2.27. The largest absolute Gasteiger partial charge is 0.363 e. The molecule has 0 spiro atoms. The van der Waals surface area contributed by atoms with Crippen molar-refractivity contribution in [2.24, 2.45) is 0 Å². The van der Waals surface area contributed by atoms with Gasteiger partial charge in [-0.25, -0.2) is 0 Å². The van der Waals surface area contributed by atoms with Crippen LogP contribution in [-0.2, 0) is 4.79 Å². The van der Waals surface area contributed by atoms with Crippen LogP contribution in [0.25, 0.3) is 10.8 Å². The Morgan fingerprint density at radius 1 is 1.20 bits per heavy atom. The van der Waals surface area contributed by atoms with Crippen LogP contribution in [-0.4, -0.2) is 25.0 Å². The zero-order valence-corrected chi connectivity index (χ0v) is 12.0. The van der Waals surface area contributed by atoms with Crippen LogP contribution in [0.15, 0.2) is 42.5 Å². The molecule has 0 aliphatic heterocycles. The van der Waals surface area contributed by atoms with Gasteiger partial charge in [-0.1, -0.05) is 30.3 Å². The average molecular weight is 268 g/mol. The van der Waals surface area contributed by atoms with E-state index < -0.39 is 0 Å². The molecule has 2 aromatic carbocycles. The van der Waals surface area contributed by atoms with Crippen molar-refractivity contribution >= 4 is 22.4 Å². The summed E-state index contributed by atoms with van der Waals surface area (Å²) in [6.45, 7) is 1.95. The Bertz CT molecular complexity index is 634. The Morgan fingerprint density at radius 3 is 2.60 bits per heavy atom. The van der Waals surface area contributed by atoms with Crippen LogP contribution in [0.2, 0.25) is 0 Å². The van der Waals surface area contributed by atoms with Gasteiger partial charge in [-0.05, 0) is 42.7 Å². The highest BCUT2D eigenvalue weighted by atomic mass is 16.2. The second-order valence-corrected chi connectivity index (χ2v) is 5.60. The number of anilines is 1. The lowest BCUT2D eigenvalue weighted by molar-refractivity contribution is -0.122. The topological polar surface area (TPSA) is 32.3 Å². The Hall–Kier alpha value is -2.03. The zero-order valence-electron chi connectivity index (χ0n) is 12.0. The van der Waals surface area contributed by atoms with Gasteiger partial charge in [0.15, 0.2) is 0 Å². The Balaban J connectivity index is 1.79. The molecule has 0 unspecified atom stereocenters. The number of nitrogens with zero attached hydrogens (tertiary/aromatic N) is 1. The molecular weight excluding hydrogens is 248 g/mol. The monoisotopic (exact) mass is 268 g/mol. The average Bonchev–Trinajstić information content (AvgIpc) is 3.29. The summed E-state index contributed by atoms with van der Waals surface area (Å²) in [4.78, 5) is 14.2. The molecule has 1 atom stereocenters. The predicted molar refractivity (Wildman–Crippen MR) is 83.0 cm³/mol. The maximum Gasteiger partial charge on any atom is 0.242 e. The summed E-state index contributed by atoms with van der Waals surface area (Å²) in [6.07, 6.45) is 2.25. The SMILES string of the molecule is C[C@@H](C(=O)NC1CC1)N(C)c1ccc2ccccc2c1. The maximum atomic E-state index is 12.1. The molecule has 1 N–H and O–H groups in total. The third-order valence-corrected chi connectivity index (χ3v) is 4.02. The molecule has 0 bridgehead atoms. The smallest absolute Gasteiger partial charge is 0.242 e. The summed E-state index contributed by atoms with van der Waals surface area (Å²) >= 11 is 0. The molecule has 1 aliphatic carbocycles. The Morgan fingerprint density at radius 2 is 1.90 bits per heavy atom. The van der Waals surface area contributed by atoms with E-state index in [2.05, 4.69) is 35.6 Å². The number of carbonyl (C=O) groups is 1. The van der Waals surface area contributed by atoms with E-state index in [1.54, 1.807) is 0 Å². The van der Waals surface area contributed by atoms with Crippen LogP contribution >= 0.6 is 0 Å². The van der Waals surface area contributed by atoms with Gasteiger partial charge in [0.1, 0.15) is 6.04 Å². The van der Waals surface area contributed by atoms with Crippen LogP contribution in [0.5, 0.6) is 0 Å². The van der Waals surface area contributed by atoms with Gasteiger partial charge in [0.05, 0.1) is 0 Å². The first-order chi connectivity index (χ1) is 9.65. The standard InChI is InChI=1S/C17H20N2O/c1-12(17(20)18-15-8-9-15)19(2)16-10-7-13-5-3-4-6-14(13)11-16/h3-7,10-12,15H,8-9H2,1-2H3,(H,18,20)/t12-/m0/s1. The summed E-state index contributed by atoms with van der Waals surface area (Å²) in [6, 6.07) is 14.8. The first-order valence-corrected chi connectivity index (χ1v) is 7.17. The van der Waals surface area contributed by atoms with E-state index in [1.165, 1.54) is 10.8 Å². The molecule has 3 nitrogen and oxygen atoms in total. The molecule has 1 amide bonds. The molecule has 104 valence electrons. The molecule has 2 aromatic rings. The molecule has 3 heteroatoms. The van der Waals surface area contributed by atoms with E-state index in [1.807, 2.05) is 31.0 Å². The van der Waals surface area contributed by atoms with Crippen molar-refractivity contribution in [3.63, 3.8) is 0 Å². The van der Waals surface area contributed by atoms with E-state index >= 15 is 0 Å². The second-order valence-electron chi connectivity index (χ2n) is 5.60. The van der Waals surface area contributed by atoms with Gasteiger partial charge in [-0.3, -0.25) is 4.79 Å². The van der Waals surface area contributed by atoms with Crippen molar-refractivity contribution in [1.82, 2.24) is 5.32 Å². The molecule has 1 fully saturated rings. The van der Waals surface area contributed by atoms with Gasteiger partial charge in [-0.15, -0.1) is 0 Å². The molecule has 1 aliphatic rings. The molecule has 0 radical (unpaired) electrons. The van der Waals surface area contributed by atoms with Gasteiger partial charge in [0.25, 0.3) is 0 Å². The fraction of sp³-hybridized carbons (Fsp3) is 0.353. The fourth-order valence-electron chi connectivity index (χ4n) is 2.35. The second kappa shape index (κ2) is 5.16. The summed E-state index contributed by atoms with van der Waals surface area (Å²) in [7, 11) is 1.97. The number of hydrogen-bond acceptors (Lipinski definition) is 2. The van der Waals surface area contributed by atoms with Crippen molar-refractivity contribution in [2.45, 2.75) is 31.8 Å². The number of benzene rings is 2. The number of amides is 1. The van der Waals surface area contributed by atoms with Gasteiger partial charge in [0, 0.05) is 18.8 Å². The van der Waals surface area contributed by atoms with Gasteiger partial charge in [-0.2, -0.15) is 0 Å². The first-order valence-electron chi connectivity index (χ1n) is 7.17. The lowest BCUT2D eigenvalue weighted by atomic mass is 10.1. The molecule has 20 heavy (non-hydrogen) atoms. The molecule has 0 heterocycles. The number of likely N-dealkylation sites (N-methyl/N-ethyl adjacent to an activating group) is 1. The summed E-state index contributed by atoms with van der Waals surface area (Å²) in [5.74, 6) is 0.114. The van der Waals surface area contributed by atoms with Gasteiger partial charge in [0.2, 0.25) is 5.91 Å². The fourth-order valence-corrected chi connectivity index (χ4v) is 2.35. The number of fused-ring (bicyclic) bond motifs is 1. The minimum Gasteiger partial charge on any atom is -0.363 e. The van der Waals surface area contributed by atoms with Crippen LogP contribution in [0.3, 0.4) is 0 Å². The first kappa shape index (κ1) is 13.0. The molecule has 1 saturated carbocycles. The van der Waals surface area contributed by atoms with Crippen LogP contribution in [0.4, 0.5) is 5.69 Å².